The molecule has 0 aliphatic heterocycles. The average molecular weight is 808 g/mol. The van der Waals surface area contributed by atoms with Crippen LogP contribution < -0.4 is 32.7 Å². The maximum atomic E-state index is 13.1. The summed E-state index contributed by atoms with van der Waals surface area (Å²) >= 11 is 0. The summed E-state index contributed by atoms with van der Waals surface area (Å²) in [4.78, 5) is 54.2. The van der Waals surface area contributed by atoms with Crippen LogP contribution in [0.2, 0.25) is 0 Å². The third kappa shape index (κ3) is 19.5. The van der Waals surface area contributed by atoms with Crippen LogP contribution >= 0.6 is 0 Å². The molecule has 0 aliphatic rings. The number of alkyl carbamates (subject to hydrolysis) is 2. The number of guanidine groups is 1. The van der Waals surface area contributed by atoms with Crippen LogP contribution in [0.5, 0.6) is 0 Å². The molecular weight excluding hydrogens is 751 g/mol. The first-order valence-electron chi connectivity index (χ1n) is 20.0. The van der Waals surface area contributed by atoms with E-state index in [0.717, 1.165) is 53.5 Å². The summed E-state index contributed by atoms with van der Waals surface area (Å²) in [7, 11) is 0. The van der Waals surface area contributed by atoms with Crippen molar-refractivity contribution >= 4 is 35.6 Å². The first-order chi connectivity index (χ1) is 28.7. The third-order valence-electron chi connectivity index (χ3n) is 9.05. The van der Waals surface area contributed by atoms with Gasteiger partial charge in [-0.15, -0.1) is 0 Å². The molecule has 0 saturated heterocycles. The zero-order valence-electron chi connectivity index (χ0n) is 33.5. The summed E-state index contributed by atoms with van der Waals surface area (Å²) in [6.45, 7) is 1.94. The number of nitrogens with one attached hydrogen (secondary N) is 4. The van der Waals surface area contributed by atoms with Crippen molar-refractivity contribution in [3.05, 3.63) is 137 Å². The number of ether oxygens (including phenoxy) is 3. The number of aliphatic imine (C=N–C) groups is 1. The Bertz CT molecular complexity index is 1870. The van der Waals surface area contributed by atoms with Crippen molar-refractivity contribution in [1.29, 1.82) is 0 Å². The second-order valence-electron chi connectivity index (χ2n) is 13.9. The van der Waals surface area contributed by atoms with Gasteiger partial charge in [-0.1, -0.05) is 97.1 Å². The van der Waals surface area contributed by atoms with E-state index in [1.807, 2.05) is 109 Å². The molecule has 8 N–H and O–H groups in total. The molecule has 1 atom stereocenters. The summed E-state index contributed by atoms with van der Waals surface area (Å²) in [5.74, 6) is -0.551. The molecule has 14 nitrogen and oxygen atoms in total. The molecule has 59 heavy (non-hydrogen) atoms. The Hall–Kier alpha value is -6.41. The largest absolute Gasteiger partial charge is 0.445 e. The number of unbranched alkanes of at least 4 members (excludes halogenated alkanes) is 2. The summed E-state index contributed by atoms with van der Waals surface area (Å²) in [5.41, 5.74) is 16.5. The van der Waals surface area contributed by atoms with Gasteiger partial charge in [0.15, 0.2) is 5.96 Å². The minimum atomic E-state index is -0.852. The van der Waals surface area contributed by atoms with E-state index in [4.69, 9.17) is 25.7 Å². The molecule has 0 bridgehead atoms. The highest BCUT2D eigenvalue weighted by Crippen LogP contribution is 2.15. The maximum absolute atomic E-state index is 13.1. The van der Waals surface area contributed by atoms with Crippen LogP contribution in [0.25, 0.3) is 0 Å². The molecule has 4 rings (SSSR count). The molecule has 0 aliphatic carbocycles. The fraction of sp³-hybridized carbons (Fsp3) is 0.356. The number of hydrogen-bond donors (Lipinski definition) is 6. The van der Waals surface area contributed by atoms with Crippen LogP contribution in [0.1, 0.15) is 66.3 Å². The Morgan fingerprint density at radius 3 is 1.63 bits per heavy atom. The number of amides is 4. The molecule has 4 aromatic rings. The molecule has 0 spiro atoms. The van der Waals surface area contributed by atoms with Gasteiger partial charge in [0.2, 0.25) is 11.8 Å². The molecule has 4 amide bonds. The quantitative estimate of drug-likeness (QED) is 0.0276. The summed E-state index contributed by atoms with van der Waals surface area (Å²) in [6.07, 6.45) is 4.30. The van der Waals surface area contributed by atoms with Gasteiger partial charge in [-0.2, -0.15) is 0 Å². The van der Waals surface area contributed by atoms with Gasteiger partial charge < -0.3 is 46.9 Å². The number of aryl methyl sites for hydroxylation is 2. The van der Waals surface area contributed by atoms with Crippen LogP contribution in [0.4, 0.5) is 15.3 Å². The number of benzene rings is 4. The van der Waals surface area contributed by atoms with Crippen molar-refractivity contribution in [2.24, 2.45) is 16.5 Å². The fourth-order valence-electron chi connectivity index (χ4n) is 5.85. The molecular formula is C45H57N7O7. The average Bonchev–Trinajstić information content (AvgIpc) is 3.24. The molecule has 0 radical (unpaired) electrons. The molecule has 4 aromatic carbocycles. The molecule has 314 valence electrons. The zero-order valence-corrected chi connectivity index (χ0v) is 33.5. The van der Waals surface area contributed by atoms with E-state index in [1.165, 1.54) is 0 Å². The van der Waals surface area contributed by atoms with E-state index in [9.17, 15) is 19.2 Å². The van der Waals surface area contributed by atoms with Crippen molar-refractivity contribution in [1.82, 2.24) is 21.3 Å². The van der Waals surface area contributed by atoms with Gasteiger partial charge in [0.1, 0.15) is 19.3 Å². The lowest BCUT2D eigenvalue weighted by atomic mass is 10.1. The van der Waals surface area contributed by atoms with E-state index in [2.05, 4.69) is 26.3 Å². The first kappa shape index (κ1) is 45.3. The van der Waals surface area contributed by atoms with Crippen molar-refractivity contribution < 1.29 is 33.4 Å². The van der Waals surface area contributed by atoms with Crippen molar-refractivity contribution in [3.63, 3.8) is 0 Å². The van der Waals surface area contributed by atoms with Gasteiger partial charge in [-0.05, 0) is 84.9 Å². The summed E-state index contributed by atoms with van der Waals surface area (Å²) in [5, 5.41) is 11.2. The highest BCUT2D eigenvalue weighted by atomic mass is 16.6. The van der Waals surface area contributed by atoms with Crippen LogP contribution in [-0.2, 0) is 56.5 Å². The van der Waals surface area contributed by atoms with Crippen molar-refractivity contribution in [2.45, 2.75) is 77.2 Å². The van der Waals surface area contributed by atoms with Gasteiger partial charge >= 0.3 is 12.2 Å². The Kier molecular flexibility index (Phi) is 20.3. The standard InChI is InChI=1S/C45H57N7O7/c46-43(47)51-39-25-23-34(24-26-39)12-7-8-18-41(53)52-40(33-57-30-36-13-3-1-4-14-36)42(54)48-27-9-10-28-49-44(55)59-32-38-21-19-35(20-22-38)17-11-29-50-45(56)58-31-37-15-5-2-6-16-37/h1-6,13-16,19-26,40H,7-12,17-18,27-33H2,(H,48,54)(H,49,55)(H,50,56)(H,52,53)(H4,46,47,51)/t40-/m0/s1. The first-order valence-corrected chi connectivity index (χ1v) is 20.0. The SMILES string of the molecule is NC(N)=Nc1ccc(CCCCC(=O)N[C@@H](COCc2ccccc2)C(=O)NCCCCNC(=O)OCc2ccc(CCCNC(=O)OCc3ccccc3)cc2)cc1. The third-order valence-corrected chi connectivity index (χ3v) is 9.05. The predicted molar refractivity (Wildman–Crippen MR) is 227 cm³/mol. The molecule has 0 aromatic heterocycles. The van der Waals surface area contributed by atoms with E-state index in [0.29, 0.717) is 51.2 Å². The van der Waals surface area contributed by atoms with Gasteiger partial charge in [0.25, 0.3) is 0 Å². The number of nitrogens with zero attached hydrogens (tertiary/aromatic N) is 1. The minimum Gasteiger partial charge on any atom is -0.445 e. The lowest BCUT2D eigenvalue weighted by Gasteiger charge is -2.19. The van der Waals surface area contributed by atoms with E-state index in [-0.39, 0.29) is 44.0 Å². The number of carbonyl (C=O) groups excluding carboxylic acids is 4. The maximum Gasteiger partial charge on any atom is 0.407 e. The number of nitrogens with two attached hydrogens (primary N) is 2. The summed E-state index contributed by atoms with van der Waals surface area (Å²) in [6, 6.07) is 33.6. The van der Waals surface area contributed by atoms with E-state index < -0.39 is 18.2 Å². The molecule has 14 heteroatoms. The van der Waals surface area contributed by atoms with Gasteiger partial charge in [-0.3, -0.25) is 9.59 Å². The lowest BCUT2D eigenvalue weighted by Crippen LogP contribution is -2.49. The highest BCUT2D eigenvalue weighted by Gasteiger charge is 2.21. The van der Waals surface area contributed by atoms with Gasteiger partial charge in [0.05, 0.1) is 18.9 Å². The Morgan fingerprint density at radius 1 is 0.542 bits per heavy atom. The number of carbonyl (C=O) groups is 4. The van der Waals surface area contributed by atoms with Crippen LogP contribution in [0, 0.1) is 0 Å². The Labute approximate surface area is 346 Å². The number of rotatable bonds is 25. The fourth-order valence-corrected chi connectivity index (χ4v) is 5.85. The molecule has 0 heterocycles. The molecule has 0 saturated carbocycles. The Morgan fingerprint density at radius 2 is 1.03 bits per heavy atom. The molecule has 0 unspecified atom stereocenters. The van der Waals surface area contributed by atoms with Crippen molar-refractivity contribution in [3.8, 4) is 0 Å². The minimum absolute atomic E-state index is 0.00405. The van der Waals surface area contributed by atoms with E-state index >= 15 is 0 Å². The lowest BCUT2D eigenvalue weighted by molar-refractivity contribution is -0.130. The predicted octanol–water partition coefficient (Wildman–Crippen LogP) is 5.69. The van der Waals surface area contributed by atoms with Crippen molar-refractivity contribution in [2.75, 3.05) is 26.2 Å². The van der Waals surface area contributed by atoms with Gasteiger partial charge in [-0.25, -0.2) is 14.6 Å². The zero-order chi connectivity index (χ0) is 41.9. The van der Waals surface area contributed by atoms with Gasteiger partial charge in [0, 0.05) is 26.1 Å². The van der Waals surface area contributed by atoms with Crippen LogP contribution in [0.3, 0.4) is 0 Å². The summed E-state index contributed by atoms with van der Waals surface area (Å²) < 4.78 is 16.4. The number of hydrogen-bond acceptors (Lipinski definition) is 8. The smallest absolute Gasteiger partial charge is 0.407 e. The molecule has 0 fully saturated rings. The normalized spacial score (nSPS) is 11.1. The van der Waals surface area contributed by atoms with Crippen LogP contribution in [0.15, 0.2) is 114 Å². The topological polar surface area (TPSA) is 208 Å². The second-order valence-corrected chi connectivity index (χ2v) is 13.9. The highest BCUT2D eigenvalue weighted by molar-refractivity contribution is 5.87. The van der Waals surface area contributed by atoms with Crippen LogP contribution in [-0.4, -0.2) is 62.2 Å². The monoisotopic (exact) mass is 807 g/mol. The van der Waals surface area contributed by atoms with E-state index in [1.54, 1.807) is 0 Å². The Balaban J connectivity index is 1.06. The second kappa shape index (κ2) is 26.5.